The minimum absolute atomic E-state index is 0.0599. The minimum Gasteiger partial charge on any atom is -0.384 e. The van der Waals surface area contributed by atoms with E-state index in [0.717, 1.165) is 58.6 Å². The molecule has 3 aliphatic heterocycles. The summed E-state index contributed by atoms with van der Waals surface area (Å²) in [5.41, 5.74) is 4.74. The number of imide groups is 2. The van der Waals surface area contributed by atoms with Crippen LogP contribution in [0, 0.1) is 0 Å². The number of amides is 6. The normalized spacial score (nSPS) is 18.3. The number of fused-ring (bicyclic) bond motifs is 3. The Hall–Kier alpha value is -6.42. The smallest absolute Gasteiger partial charge is 0.264 e. The largest absolute Gasteiger partial charge is 0.384 e. The van der Waals surface area contributed by atoms with Gasteiger partial charge in [0.1, 0.15) is 11.9 Å². The SMILES string of the molecule is C[C@H]1CCCN1Cc1nc2cc(NC(=O)c3ccc4c(cnn4CCNC(=O)CCCCCNc4cccc5c4C(=O)N(C4CCC(=O)NC4=O)C5=O)c3)ccc2[nH]1. The van der Waals surface area contributed by atoms with Gasteiger partial charge < -0.3 is 20.9 Å². The van der Waals surface area contributed by atoms with Crippen LogP contribution in [0.15, 0.2) is 60.8 Å². The lowest BCUT2D eigenvalue weighted by atomic mass is 10.0. The fraction of sp³-hybridized carbons (Fsp3) is 0.381. The predicted molar refractivity (Wildman–Crippen MR) is 216 cm³/mol. The van der Waals surface area contributed by atoms with Gasteiger partial charge in [-0.2, -0.15) is 5.10 Å². The molecule has 1 unspecified atom stereocenters. The van der Waals surface area contributed by atoms with Crippen molar-refractivity contribution >= 4 is 68.8 Å². The van der Waals surface area contributed by atoms with Crippen LogP contribution < -0.4 is 21.3 Å². The van der Waals surface area contributed by atoms with E-state index in [2.05, 4.69) is 43.2 Å². The number of anilines is 2. The zero-order chi connectivity index (χ0) is 40.3. The summed E-state index contributed by atoms with van der Waals surface area (Å²) in [6, 6.07) is 15.6. The number of likely N-dealkylation sites (tertiary alicyclic amines) is 1. The Labute approximate surface area is 334 Å². The first-order valence-corrected chi connectivity index (χ1v) is 20.0. The molecule has 5 aromatic rings. The molecule has 5 heterocycles. The van der Waals surface area contributed by atoms with Crippen LogP contribution in [0.1, 0.15) is 95.2 Å². The van der Waals surface area contributed by atoms with Gasteiger partial charge in [-0.25, -0.2) is 4.98 Å². The molecule has 3 aliphatic rings. The van der Waals surface area contributed by atoms with Gasteiger partial charge in [0.15, 0.2) is 0 Å². The zero-order valence-electron chi connectivity index (χ0n) is 32.3. The van der Waals surface area contributed by atoms with Gasteiger partial charge in [0.25, 0.3) is 17.7 Å². The van der Waals surface area contributed by atoms with Gasteiger partial charge in [-0.3, -0.25) is 48.6 Å². The molecule has 0 radical (unpaired) electrons. The molecule has 6 amide bonds. The molecule has 16 heteroatoms. The highest BCUT2D eigenvalue weighted by Gasteiger charge is 2.45. The minimum atomic E-state index is -1.02. The highest BCUT2D eigenvalue weighted by atomic mass is 16.2. The van der Waals surface area contributed by atoms with Crippen molar-refractivity contribution in [3.63, 3.8) is 0 Å². The summed E-state index contributed by atoms with van der Waals surface area (Å²) in [6.07, 6.45) is 6.82. The summed E-state index contributed by atoms with van der Waals surface area (Å²) in [5.74, 6) is -1.53. The number of aromatic amines is 1. The summed E-state index contributed by atoms with van der Waals surface area (Å²) in [6.45, 7) is 5.50. The molecule has 300 valence electrons. The molecule has 0 aliphatic carbocycles. The Kier molecular flexibility index (Phi) is 11.0. The first kappa shape index (κ1) is 38.5. The monoisotopic (exact) mass is 786 g/mol. The maximum Gasteiger partial charge on any atom is 0.264 e. The predicted octanol–water partition coefficient (Wildman–Crippen LogP) is 4.34. The third-order valence-electron chi connectivity index (χ3n) is 11.2. The van der Waals surface area contributed by atoms with Gasteiger partial charge in [0, 0.05) is 54.3 Å². The average Bonchev–Trinajstić information content (AvgIpc) is 3.98. The molecule has 0 bridgehead atoms. The van der Waals surface area contributed by atoms with Crippen molar-refractivity contribution in [2.24, 2.45) is 0 Å². The number of piperidine rings is 1. The number of hydrogen-bond donors (Lipinski definition) is 5. The number of carbonyl (C=O) groups is 6. The summed E-state index contributed by atoms with van der Waals surface area (Å²) in [5, 5.41) is 16.7. The van der Waals surface area contributed by atoms with Crippen LogP contribution in [0.25, 0.3) is 21.9 Å². The van der Waals surface area contributed by atoms with Crippen molar-refractivity contribution in [1.29, 1.82) is 0 Å². The average molecular weight is 787 g/mol. The number of benzene rings is 3. The van der Waals surface area contributed by atoms with E-state index in [-0.39, 0.29) is 35.8 Å². The van der Waals surface area contributed by atoms with E-state index in [1.54, 1.807) is 35.1 Å². The first-order valence-electron chi connectivity index (χ1n) is 20.0. The maximum atomic E-state index is 13.3. The van der Waals surface area contributed by atoms with Gasteiger partial charge in [-0.05, 0) is 94.1 Å². The Morgan fingerprint density at radius 1 is 0.948 bits per heavy atom. The molecule has 2 aromatic heterocycles. The van der Waals surface area contributed by atoms with Gasteiger partial charge in [0.05, 0.1) is 47.0 Å². The van der Waals surface area contributed by atoms with Gasteiger partial charge >= 0.3 is 0 Å². The van der Waals surface area contributed by atoms with Crippen LogP contribution in [0.5, 0.6) is 0 Å². The van der Waals surface area contributed by atoms with Gasteiger partial charge in [0.2, 0.25) is 17.7 Å². The number of carbonyl (C=O) groups excluding carboxylic acids is 6. The Morgan fingerprint density at radius 2 is 1.83 bits per heavy atom. The zero-order valence-corrected chi connectivity index (χ0v) is 32.3. The molecular formula is C42H46N10O6. The number of hydrogen-bond acceptors (Lipinski definition) is 10. The Morgan fingerprint density at radius 3 is 2.66 bits per heavy atom. The number of aromatic nitrogens is 4. The lowest BCUT2D eigenvalue weighted by Gasteiger charge is -2.27. The van der Waals surface area contributed by atoms with Crippen LogP contribution in [0.4, 0.5) is 11.4 Å². The van der Waals surface area contributed by atoms with Crippen molar-refractivity contribution in [2.45, 2.75) is 83.5 Å². The van der Waals surface area contributed by atoms with Crippen LogP contribution in [-0.2, 0) is 27.5 Å². The molecule has 2 saturated heterocycles. The third kappa shape index (κ3) is 8.05. The second kappa shape index (κ2) is 16.6. The number of nitrogens with one attached hydrogen (secondary N) is 5. The van der Waals surface area contributed by atoms with Gasteiger partial charge in [-0.15, -0.1) is 0 Å². The first-order chi connectivity index (χ1) is 28.1. The third-order valence-corrected chi connectivity index (χ3v) is 11.2. The second-order valence-electron chi connectivity index (χ2n) is 15.2. The molecule has 0 spiro atoms. The van der Waals surface area contributed by atoms with Crippen molar-refractivity contribution < 1.29 is 28.8 Å². The van der Waals surface area contributed by atoms with Crippen LogP contribution in [0.2, 0.25) is 0 Å². The number of nitrogens with zero attached hydrogens (tertiary/aromatic N) is 5. The Bertz CT molecular complexity index is 2440. The maximum absolute atomic E-state index is 13.3. The molecule has 2 atom stereocenters. The van der Waals surface area contributed by atoms with Crippen LogP contribution in [-0.4, -0.2) is 96.7 Å². The summed E-state index contributed by atoms with van der Waals surface area (Å²) >= 11 is 0. The molecule has 8 rings (SSSR count). The molecule has 16 nitrogen and oxygen atoms in total. The van der Waals surface area contributed by atoms with Crippen molar-refractivity contribution in [1.82, 2.24) is 40.2 Å². The summed E-state index contributed by atoms with van der Waals surface area (Å²) in [4.78, 5) is 87.7. The highest BCUT2D eigenvalue weighted by molar-refractivity contribution is 6.25. The lowest BCUT2D eigenvalue weighted by Crippen LogP contribution is -2.54. The van der Waals surface area contributed by atoms with E-state index in [1.807, 2.05) is 30.3 Å². The topological polar surface area (TPSA) is 204 Å². The fourth-order valence-corrected chi connectivity index (χ4v) is 8.10. The van der Waals surface area contributed by atoms with E-state index in [4.69, 9.17) is 4.98 Å². The Balaban J connectivity index is 0.754. The molecule has 0 saturated carbocycles. The number of unbranched alkanes of at least 4 members (excludes halogenated alkanes) is 2. The van der Waals surface area contributed by atoms with Crippen molar-refractivity contribution in [2.75, 3.05) is 30.3 Å². The van der Waals surface area contributed by atoms with Crippen LogP contribution >= 0.6 is 0 Å². The standard InChI is InChI=1S/C42H46N10O6/c1-25-7-6-19-50(25)24-35-47-30-13-12-28(22-32(30)48-35)46-39(55)26-11-14-33-27(21-26)23-45-51(33)20-18-44-36(53)10-3-2-4-17-43-31-9-5-8-29-38(31)42(58)52(41(29)57)34-15-16-37(54)49-40(34)56/h5,8-9,11-14,21-23,25,34,43H,2-4,6-7,10,15-20,24H2,1H3,(H,44,53)(H,46,55)(H,47,48)(H,49,54,56)/t25-,34?/m0/s1. The number of H-pyrrole nitrogens is 1. The van der Waals surface area contributed by atoms with E-state index >= 15 is 0 Å². The number of rotatable bonds is 15. The van der Waals surface area contributed by atoms with Crippen LogP contribution in [0.3, 0.4) is 0 Å². The highest BCUT2D eigenvalue weighted by Crippen LogP contribution is 2.32. The number of imidazole rings is 1. The van der Waals surface area contributed by atoms with E-state index < -0.39 is 29.7 Å². The molecule has 5 N–H and O–H groups in total. The lowest BCUT2D eigenvalue weighted by molar-refractivity contribution is -0.136. The van der Waals surface area contributed by atoms with Crippen molar-refractivity contribution in [3.8, 4) is 0 Å². The van der Waals surface area contributed by atoms with E-state index in [9.17, 15) is 28.8 Å². The molecular weight excluding hydrogens is 741 g/mol. The van der Waals surface area contributed by atoms with Crippen molar-refractivity contribution in [3.05, 3.63) is 83.3 Å². The summed E-state index contributed by atoms with van der Waals surface area (Å²) < 4.78 is 1.80. The fourth-order valence-electron chi connectivity index (χ4n) is 8.10. The van der Waals surface area contributed by atoms with E-state index in [1.165, 1.54) is 12.8 Å². The second-order valence-corrected chi connectivity index (χ2v) is 15.2. The van der Waals surface area contributed by atoms with Gasteiger partial charge in [-0.1, -0.05) is 12.5 Å². The molecule has 3 aromatic carbocycles. The quantitative estimate of drug-likeness (QED) is 0.0751. The summed E-state index contributed by atoms with van der Waals surface area (Å²) in [7, 11) is 0. The van der Waals surface area contributed by atoms with E-state index in [0.29, 0.717) is 55.5 Å². The molecule has 2 fully saturated rings. The molecule has 58 heavy (non-hydrogen) atoms.